The second kappa shape index (κ2) is 5.70. The minimum absolute atomic E-state index is 0.0543. The van der Waals surface area contributed by atoms with Gasteiger partial charge in [-0.2, -0.15) is 0 Å². The van der Waals surface area contributed by atoms with Gasteiger partial charge in [0.1, 0.15) is 0 Å². The van der Waals surface area contributed by atoms with E-state index in [-0.39, 0.29) is 30.5 Å². The maximum Gasteiger partial charge on any atom is 0.305 e. The molecule has 0 rings (SSSR count). The van der Waals surface area contributed by atoms with E-state index in [2.05, 4.69) is 10.6 Å². The number of hydrogen-bond donors (Lipinski definition) is 3. The van der Waals surface area contributed by atoms with Gasteiger partial charge in [-0.1, -0.05) is 0 Å². The minimum atomic E-state index is -0.911. The Labute approximate surface area is 90.2 Å². The van der Waals surface area contributed by atoms with Gasteiger partial charge in [-0.25, -0.2) is 0 Å². The molecule has 0 bridgehead atoms. The minimum Gasteiger partial charge on any atom is -0.481 e. The first-order valence-electron chi connectivity index (χ1n) is 4.97. The lowest BCUT2D eigenvalue weighted by Gasteiger charge is -2.21. The normalized spacial score (nSPS) is 13.3. The number of rotatable bonds is 5. The molecule has 0 saturated heterocycles. The van der Waals surface area contributed by atoms with E-state index in [9.17, 15) is 9.59 Å². The average Bonchev–Trinajstić information content (AvgIpc) is 1.97. The van der Waals surface area contributed by atoms with Gasteiger partial charge in [0.05, 0.1) is 13.0 Å². The molecule has 5 heteroatoms. The molecule has 0 aliphatic heterocycles. The van der Waals surface area contributed by atoms with Crippen molar-refractivity contribution in [3.05, 3.63) is 0 Å². The smallest absolute Gasteiger partial charge is 0.305 e. The zero-order valence-corrected chi connectivity index (χ0v) is 9.76. The van der Waals surface area contributed by atoms with Gasteiger partial charge < -0.3 is 15.7 Å². The summed E-state index contributed by atoms with van der Waals surface area (Å²) in [7, 11) is 0. The molecule has 0 radical (unpaired) electrons. The van der Waals surface area contributed by atoms with Crippen LogP contribution in [0.25, 0.3) is 0 Å². The van der Waals surface area contributed by atoms with E-state index in [1.165, 1.54) is 0 Å². The molecule has 0 heterocycles. The number of carbonyl (C=O) groups excluding carboxylic acids is 1. The van der Waals surface area contributed by atoms with Gasteiger partial charge >= 0.3 is 5.97 Å². The van der Waals surface area contributed by atoms with Crippen LogP contribution in [-0.4, -0.2) is 35.1 Å². The number of amides is 1. The standard InChI is InChI=1S/C10H20N2O3/c1-7(5-9(14)15)12-8(13)6-11-10(2,3)4/h7,11H,5-6H2,1-4H3,(H,12,13)(H,14,15). The largest absolute Gasteiger partial charge is 0.481 e. The highest BCUT2D eigenvalue weighted by Crippen LogP contribution is 1.97. The SMILES string of the molecule is CC(CC(=O)O)NC(=O)CNC(C)(C)C. The zero-order valence-electron chi connectivity index (χ0n) is 9.76. The highest BCUT2D eigenvalue weighted by molar-refractivity contribution is 5.79. The topological polar surface area (TPSA) is 78.4 Å². The summed E-state index contributed by atoms with van der Waals surface area (Å²) in [5.41, 5.74) is -0.118. The third-order valence-corrected chi connectivity index (χ3v) is 1.67. The summed E-state index contributed by atoms with van der Waals surface area (Å²) in [6.45, 7) is 7.75. The molecule has 0 fully saturated rings. The molecule has 15 heavy (non-hydrogen) atoms. The fourth-order valence-corrected chi connectivity index (χ4v) is 0.984. The van der Waals surface area contributed by atoms with Gasteiger partial charge in [0.15, 0.2) is 0 Å². The van der Waals surface area contributed by atoms with Crippen molar-refractivity contribution in [2.45, 2.75) is 45.7 Å². The van der Waals surface area contributed by atoms with Crippen molar-refractivity contribution in [2.24, 2.45) is 0 Å². The van der Waals surface area contributed by atoms with Crippen LogP contribution in [0.3, 0.4) is 0 Å². The summed E-state index contributed by atoms with van der Waals surface area (Å²) in [4.78, 5) is 21.7. The molecule has 0 aliphatic rings. The molecule has 0 aromatic rings. The van der Waals surface area contributed by atoms with Crippen LogP contribution < -0.4 is 10.6 Å². The van der Waals surface area contributed by atoms with Crippen LogP contribution in [0.4, 0.5) is 0 Å². The Morgan fingerprint density at radius 2 is 1.87 bits per heavy atom. The highest BCUT2D eigenvalue weighted by atomic mass is 16.4. The fraction of sp³-hybridized carbons (Fsp3) is 0.800. The monoisotopic (exact) mass is 216 g/mol. The van der Waals surface area contributed by atoms with Crippen molar-refractivity contribution < 1.29 is 14.7 Å². The van der Waals surface area contributed by atoms with Gasteiger partial charge in [-0.05, 0) is 27.7 Å². The molecule has 0 aliphatic carbocycles. The number of aliphatic carboxylic acids is 1. The Balaban J connectivity index is 3.79. The third-order valence-electron chi connectivity index (χ3n) is 1.67. The maximum absolute atomic E-state index is 11.3. The quantitative estimate of drug-likeness (QED) is 0.620. The summed E-state index contributed by atoms with van der Waals surface area (Å²) < 4.78 is 0. The predicted octanol–water partition coefficient (Wildman–Crippen LogP) is 0.354. The van der Waals surface area contributed by atoms with Crippen LogP contribution in [0.5, 0.6) is 0 Å². The zero-order chi connectivity index (χ0) is 12.1. The molecule has 1 unspecified atom stereocenters. The van der Waals surface area contributed by atoms with Gasteiger partial charge in [-0.15, -0.1) is 0 Å². The van der Waals surface area contributed by atoms with E-state index in [0.717, 1.165) is 0 Å². The van der Waals surface area contributed by atoms with Crippen molar-refractivity contribution in [3.8, 4) is 0 Å². The Kier molecular flexibility index (Phi) is 5.28. The van der Waals surface area contributed by atoms with Gasteiger partial charge in [0.25, 0.3) is 0 Å². The van der Waals surface area contributed by atoms with Crippen molar-refractivity contribution >= 4 is 11.9 Å². The molecule has 1 amide bonds. The lowest BCUT2D eigenvalue weighted by molar-refractivity contribution is -0.137. The van der Waals surface area contributed by atoms with Crippen molar-refractivity contribution in [1.82, 2.24) is 10.6 Å². The summed E-state index contributed by atoms with van der Waals surface area (Å²) in [6.07, 6.45) is -0.0543. The molecular weight excluding hydrogens is 196 g/mol. The van der Waals surface area contributed by atoms with Crippen LogP contribution in [-0.2, 0) is 9.59 Å². The first-order valence-corrected chi connectivity index (χ1v) is 4.97. The molecule has 0 saturated carbocycles. The van der Waals surface area contributed by atoms with E-state index in [1.807, 2.05) is 20.8 Å². The number of hydrogen-bond acceptors (Lipinski definition) is 3. The molecule has 0 spiro atoms. The highest BCUT2D eigenvalue weighted by Gasteiger charge is 2.14. The molecule has 5 nitrogen and oxygen atoms in total. The van der Waals surface area contributed by atoms with E-state index in [4.69, 9.17) is 5.11 Å². The van der Waals surface area contributed by atoms with Crippen molar-refractivity contribution in [1.29, 1.82) is 0 Å². The predicted molar refractivity (Wildman–Crippen MR) is 57.6 cm³/mol. The third kappa shape index (κ3) is 9.21. The molecule has 3 N–H and O–H groups in total. The van der Waals surface area contributed by atoms with Crippen LogP contribution in [0.15, 0.2) is 0 Å². The van der Waals surface area contributed by atoms with Gasteiger partial charge in [0.2, 0.25) is 5.91 Å². The second-order valence-corrected chi connectivity index (χ2v) is 4.67. The van der Waals surface area contributed by atoms with E-state index < -0.39 is 5.97 Å². The van der Waals surface area contributed by atoms with Gasteiger partial charge in [0, 0.05) is 11.6 Å². The molecule has 1 atom stereocenters. The van der Waals surface area contributed by atoms with Crippen LogP contribution in [0.1, 0.15) is 34.1 Å². The Morgan fingerprint density at radius 3 is 2.27 bits per heavy atom. The Bertz CT molecular complexity index is 233. The van der Waals surface area contributed by atoms with Gasteiger partial charge in [-0.3, -0.25) is 9.59 Å². The van der Waals surface area contributed by atoms with Crippen LogP contribution >= 0.6 is 0 Å². The lowest BCUT2D eigenvalue weighted by Crippen LogP contribution is -2.45. The summed E-state index contributed by atoms with van der Waals surface area (Å²) >= 11 is 0. The molecule has 0 aromatic carbocycles. The van der Waals surface area contributed by atoms with Crippen LogP contribution in [0.2, 0.25) is 0 Å². The number of nitrogens with one attached hydrogen (secondary N) is 2. The number of carbonyl (C=O) groups is 2. The molecular formula is C10H20N2O3. The summed E-state index contributed by atoms with van der Waals surface area (Å²) in [5.74, 6) is -1.09. The summed E-state index contributed by atoms with van der Waals surface area (Å²) in [5, 5.41) is 14.1. The second-order valence-electron chi connectivity index (χ2n) is 4.67. The number of carboxylic acid groups (broad SMARTS) is 1. The number of carboxylic acids is 1. The van der Waals surface area contributed by atoms with Crippen molar-refractivity contribution in [2.75, 3.05) is 6.54 Å². The first kappa shape index (κ1) is 13.9. The summed E-state index contributed by atoms with van der Waals surface area (Å²) in [6, 6.07) is -0.336. The van der Waals surface area contributed by atoms with E-state index in [1.54, 1.807) is 6.92 Å². The fourth-order valence-electron chi connectivity index (χ4n) is 0.984. The Hall–Kier alpha value is -1.10. The lowest BCUT2D eigenvalue weighted by atomic mass is 10.1. The van der Waals surface area contributed by atoms with E-state index in [0.29, 0.717) is 0 Å². The molecule has 0 aromatic heterocycles. The Morgan fingerprint density at radius 1 is 1.33 bits per heavy atom. The first-order chi connectivity index (χ1) is 6.70. The van der Waals surface area contributed by atoms with Crippen molar-refractivity contribution in [3.63, 3.8) is 0 Å². The van der Waals surface area contributed by atoms with Crippen LogP contribution in [0, 0.1) is 0 Å². The molecule has 88 valence electrons. The average molecular weight is 216 g/mol. The van der Waals surface area contributed by atoms with E-state index >= 15 is 0 Å². The maximum atomic E-state index is 11.3.